The standard InChI is InChI=1S/C8H7N3O2/c1-5-6(7(12)13)10-8-9-3-2-4-11(5)8/h2-4H,1H3,(H,12,13). The number of carbonyl (C=O) groups is 1. The smallest absolute Gasteiger partial charge is 0.356 e. The van der Waals surface area contributed by atoms with Gasteiger partial charge in [0.25, 0.3) is 0 Å². The molecule has 5 heteroatoms. The fraction of sp³-hybridized carbons (Fsp3) is 0.125. The second-order valence-corrected chi connectivity index (χ2v) is 2.64. The van der Waals surface area contributed by atoms with Crippen LogP contribution in [-0.4, -0.2) is 25.4 Å². The van der Waals surface area contributed by atoms with Gasteiger partial charge in [-0.15, -0.1) is 0 Å². The quantitative estimate of drug-likeness (QED) is 0.697. The van der Waals surface area contributed by atoms with Crippen LogP contribution in [-0.2, 0) is 0 Å². The van der Waals surface area contributed by atoms with E-state index in [1.54, 1.807) is 29.8 Å². The Morgan fingerprint density at radius 1 is 1.62 bits per heavy atom. The fourth-order valence-corrected chi connectivity index (χ4v) is 1.21. The number of hydrogen-bond donors (Lipinski definition) is 1. The molecular formula is C8H7N3O2. The summed E-state index contributed by atoms with van der Waals surface area (Å²) < 4.78 is 1.64. The monoisotopic (exact) mass is 177 g/mol. The van der Waals surface area contributed by atoms with E-state index in [0.29, 0.717) is 11.5 Å². The first kappa shape index (κ1) is 7.72. The first-order valence-corrected chi connectivity index (χ1v) is 3.73. The van der Waals surface area contributed by atoms with Gasteiger partial charge in [-0.3, -0.25) is 4.40 Å². The summed E-state index contributed by atoms with van der Waals surface area (Å²) in [6.07, 6.45) is 3.31. The van der Waals surface area contributed by atoms with Crippen LogP contribution in [0.25, 0.3) is 5.78 Å². The normalized spacial score (nSPS) is 10.5. The molecule has 2 rings (SSSR count). The Balaban J connectivity index is 2.81. The summed E-state index contributed by atoms with van der Waals surface area (Å²) in [5, 5.41) is 8.76. The molecule has 0 bridgehead atoms. The zero-order valence-corrected chi connectivity index (χ0v) is 6.93. The molecule has 0 saturated carbocycles. The van der Waals surface area contributed by atoms with Gasteiger partial charge in [0.15, 0.2) is 5.69 Å². The predicted octanol–water partition coefficient (Wildman–Crippen LogP) is 0.736. The van der Waals surface area contributed by atoms with Crippen LogP contribution in [0.3, 0.4) is 0 Å². The molecule has 0 radical (unpaired) electrons. The largest absolute Gasteiger partial charge is 0.476 e. The number of hydrogen-bond acceptors (Lipinski definition) is 3. The highest BCUT2D eigenvalue weighted by Gasteiger charge is 2.14. The van der Waals surface area contributed by atoms with Crippen LogP contribution in [0.15, 0.2) is 18.5 Å². The number of aryl methyl sites for hydroxylation is 1. The maximum Gasteiger partial charge on any atom is 0.356 e. The number of carboxylic acids is 1. The lowest BCUT2D eigenvalue weighted by molar-refractivity contribution is 0.0690. The van der Waals surface area contributed by atoms with Crippen molar-refractivity contribution < 1.29 is 9.90 Å². The van der Waals surface area contributed by atoms with Crippen molar-refractivity contribution in [1.29, 1.82) is 0 Å². The van der Waals surface area contributed by atoms with E-state index in [1.165, 1.54) is 0 Å². The minimum absolute atomic E-state index is 0.0544. The molecule has 13 heavy (non-hydrogen) atoms. The number of carboxylic acid groups (broad SMARTS) is 1. The molecule has 0 aliphatic rings. The number of aromatic carboxylic acids is 1. The summed E-state index contributed by atoms with van der Waals surface area (Å²) in [4.78, 5) is 18.5. The Labute approximate surface area is 73.7 Å². The average Bonchev–Trinajstić information content (AvgIpc) is 2.45. The Morgan fingerprint density at radius 3 is 3.00 bits per heavy atom. The van der Waals surface area contributed by atoms with Crippen molar-refractivity contribution in [3.8, 4) is 0 Å². The van der Waals surface area contributed by atoms with Crippen LogP contribution in [0.2, 0.25) is 0 Å². The van der Waals surface area contributed by atoms with Crippen molar-refractivity contribution in [2.24, 2.45) is 0 Å². The van der Waals surface area contributed by atoms with E-state index in [-0.39, 0.29) is 5.69 Å². The van der Waals surface area contributed by atoms with Crippen molar-refractivity contribution in [1.82, 2.24) is 14.4 Å². The van der Waals surface area contributed by atoms with E-state index in [0.717, 1.165) is 0 Å². The highest BCUT2D eigenvalue weighted by atomic mass is 16.4. The van der Waals surface area contributed by atoms with Gasteiger partial charge in [0, 0.05) is 12.4 Å². The molecule has 5 nitrogen and oxygen atoms in total. The topological polar surface area (TPSA) is 67.5 Å². The van der Waals surface area contributed by atoms with E-state index < -0.39 is 5.97 Å². The molecule has 2 aromatic rings. The second kappa shape index (κ2) is 2.55. The molecule has 2 aromatic heterocycles. The molecule has 0 saturated heterocycles. The zero-order valence-electron chi connectivity index (χ0n) is 6.93. The van der Waals surface area contributed by atoms with Crippen molar-refractivity contribution in [2.45, 2.75) is 6.92 Å². The summed E-state index contributed by atoms with van der Waals surface area (Å²) in [7, 11) is 0. The molecule has 0 atom stereocenters. The third-order valence-electron chi connectivity index (χ3n) is 1.85. The molecule has 0 aromatic carbocycles. The fourth-order valence-electron chi connectivity index (χ4n) is 1.21. The average molecular weight is 177 g/mol. The zero-order chi connectivity index (χ0) is 9.42. The van der Waals surface area contributed by atoms with Crippen LogP contribution in [0.4, 0.5) is 0 Å². The van der Waals surface area contributed by atoms with Gasteiger partial charge in [-0.25, -0.2) is 14.8 Å². The van der Waals surface area contributed by atoms with Gasteiger partial charge < -0.3 is 5.11 Å². The summed E-state index contributed by atoms with van der Waals surface area (Å²) in [6, 6.07) is 1.73. The molecule has 66 valence electrons. The number of nitrogens with zero attached hydrogens (tertiary/aromatic N) is 3. The van der Waals surface area contributed by atoms with Crippen LogP contribution in [0.1, 0.15) is 16.2 Å². The summed E-state index contributed by atoms with van der Waals surface area (Å²) in [5.41, 5.74) is 0.648. The molecule has 0 spiro atoms. The van der Waals surface area contributed by atoms with E-state index >= 15 is 0 Å². The van der Waals surface area contributed by atoms with E-state index in [9.17, 15) is 4.79 Å². The summed E-state index contributed by atoms with van der Waals surface area (Å²) in [5.74, 6) is -0.611. The predicted molar refractivity (Wildman–Crippen MR) is 44.7 cm³/mol. The lowest BCUT2D eigenvalue weighted by atomic mass is 10.3. The molecule has 0 unspecified atom stereocenters. The molecule has 0 aliphatic carbocycles. The first-order valence-electron chi connectivity index (χ1n) is 3.73. The van der Waals surface area contributed by atoms with Gasteiger partial charge in [-0.05, 0) is 13.0 Å². The Morgan fingerprint density at radius 2 is 2.38 bits per heavy atom. The lowest BCUT2D eigenvalue weighted by Crippen LogP contribution is -1.99. The van der Waals surface area contributed by atoms with Gasteiger partial charge in [0.1, 0.15) is 0 Å². The highest BCUT2D eigenvalue weighted by Crippen LogP contribution is 2.08. The summed E-state index contributed by atoms with van der Waals surface area (Å²) >= 11 is 0. The van der Waals surface area contributed by atoms with Crippen molar-refractivity contribution in [3.63, 3.8) is 0 Å². The number of imidazole rings is 1. The van der Waals surface area contributed by atoms with Crippen molar-refractivity contribution in [2.75, 3.05) is 0 Å². The van der Waals surface area contributed by atoms with Crippen molar-refractivity contribution >= 4 is 11.7 Å². The Kier molecular flexibility index (Phi) is 1.51. The molecular weight excluding hydrogens is 170 g/mol. The summed E-state index contributed by atoms with van der Waals surface area (Å²) in [6.45, 7) is 1.70. The SMILES string of the molecule is Cc1c(C(=O)O)nc2ncccn12. The molecule has 0 fully saturated rings. The molecule has 2 heterocycles. The van der Waals surface area contributed by atoms with E-state index in [4.69, 9.17) is 5.11 Å². The Hall–Kier alpha value is -1.91. The van der Waals surface area contributed by atoms with Crippen LogP contribution < -0.4 is 0 Å². The molecule has 0 aliphatic heterocycles. The van der Waals surface area contributed by atoms with Gasteiger partial charge >= 0.3 is 5.97 Å². The molecule has 0 amide bonds. The minimum atomic E-state index is -1.02. The third-order valence-corrected chi connectivity index (χ3v) is 1.85. The number of aromatic nitrogens is 3. The van der Waals surface area contributed by atoms with E-state index in [2.05, 4.69) is 9.97 Å². The minimum Gasteiger partial charge on any atom is -0.476 e. The third kappa shape index (κ3) is 1.05. The van der Waals surface area contributed by atoms with Crippen LogP contribution in [0.5, 0.6) is 0 Å². The van der Waals surface area contributed by atoms with E-state index in [1.807, 2.05) is 0 Å². The van der Waals surface area contributed by atoms with Gasteiger partial charge in [-0.2, -0.15) is 0 Å². The lowest BCUT2D eigenvalue weighted by Gasteiger charge is -1.92. The maximum atomic E-state index is 10.7. The molecule has 1 N–H and O–H groups in total. The second-order valence-electron chi connectivity index (χ2n) is 2.64. The van der Waals surface area contributed by atoms with Crippen molar-refractivity contribution in [3.05, 3.63) is 29.8 Å². The van der Waals surface area contributed by atoms with Gasteiger partial charge in [0.05, 0.1) is 5.69 Å². The van der Waals surface area contributed by atoms with Crippen LogP contribution in [0, 0.1) is 6.92 Å². The highest BCUT2D eigenvalue weighted by molar-refractivity contribution is 5.87. The van der Waals surface area contributed by atoms with Crippen LogP contribution >= 0.6 is 0 Å². The van der Waals surface area contributed by atoms with Gasteiger partial charge in [-0.1, -0.05) is 0 Å². The van der Waals surface area contributed by atoms with Gasteiger partial charge in [0.2, 0.25) is 5.78 Å². The number of rotatable bonds is 1. The first-order chi connectivity index (χ1) is 6.20. The maximum absolute atomic E-state index is 10.7. The Bertz CT molecular complexity index is 475. The number of fused-ring (bicyclic) bond motifs is 1.